The standard InChI is InChI=1S/C19H18ClN5O2S2/c1-3-25-16(10-27-15-8-12(2)4-5-14(15)20)23-24-19(25)29-11-17(26)22-18-13(9-21)6-7-28-18/h4-8H,3,10-11H2,1-2H3,(H,22,26). The highest BCUT2D eigenvalue weighted by atomic mass is 35.5. The summed E-state index contributed by atoms with van der Waals surface area (Å²) in [7, 11) is 0. The van der Waals surface area contributed by atoms with Gasteiger partial charge < -0.3 is 14.6 Å². The number of aromatic nitrogens is 3. The summed E-state index contributed by atoms with van der Waals surface area (Å²) < 4.78 is 7.70. The van der Waals surface area contributed by atoms with Gasteiger partial charge in [0.05, 0.1) is 16.3 Å². The van der Waals surface area contributed by atoms with E-state index in [4.69, 9.17) is 21.6 Å². The van der Waals surface area contributed by atoms with Crippen molar-refractivity contribution in [1.82, 2.24) is 14.8 Å². The van der Waals surface area contributed by atoms with Gasteiger partial charge in [-0.25, -0.2) is 0 Å². The van der Waals surface area contributed by atoms with Crippen LogP contribution in [0, 0.1) is 18.3 Å². The normalized spacial score (nSPS) is 10.6. The van der Waals surface area contributed by atoms with Gasteiger partial charge in [-0.15, -0.1) is 21.5 Å². The first-order valence-corrected chi connectivity index (χ1v) is 11.0. The van der Waals surface area contributed by atoms with E-state index in [9.17, 15) is 4.79 Å². The molecule has 3 aromatic rings. The highest BCUT2D eigenvalue weighted by Gasteiger charge is 2.15. The summed E-state index contributed by atoms with van der Waals surface area (Å²) in [5.41, 5.74) is 1.51. The van der Waals surface area contributed by atoms with Gasteiger partial charge in [-0.2, -0.15) is 5.26 Å². The molecule has 0 atom stereocenters. The van der Waals surface area contributed by atoms with Crippen molar-refractivity contribution in [3.05, 3.63) is 51.6 Å². The second-order valence-corrected chi connectivity index (χ2v) is 8.24. The number of nitrogens with one attached hydrogen (secondary N) is 1. The number of ether oxygens (including phenoxy) is 1. The summed E-state index contributed by atoms with van der Waals surface area (Å²) in [6.07, 6.45) is 0. The first-order chi connectivity index (χ1) is 14.0. The summed E-state index contributed by atoms with van der Waals surface area (Å²) in [5, 5.41) is 23.6. The zero-order valence-corrected chi connectivity index (χ0v) is 18.2. The van der Waals surface area contributed by atoms with E-state index in [0.29, 0.717) is 38.9 Å². The van der Waals surface area contributed by atoms with Gasteiger partial charge in [-0.05, 0) is 43.0 Å². The number of halogens is 1. The van der Waals surface area contributed by atoms with Crippen molar-refractivity contribution in [2.24, 2.45) is 0 Å². The molecule has 0 saturated heterocycles. The number of carbonyl (C=O) groups excluding carboxylic acids is 1. The van der Waals surface area contributed by atoms with Crippen LogP contribution in [0.2, 0.25) is 5.02 Å². The maximum atomic E-state index is 12.2. The van der Waals surface area contributed by atoms with Crippen LogP contribution in [0.4, 0.5) is 5.00 Å². The minimum Gasteiger partial charge on any atom is -0.484 e. The molecule has 7 nitrogen and oxygen atoms in total. The van der Waals surface area contributed by atoms with E-state index < -0.39 is 0 Å². The third kappa shape index (κ3) is 5.29. The van der Waals surface area contributed by atoms with Crippen molar-refractivity contribution in [2.75, 3.05) is 11.1 Å². The number of anilines is 1. The molecular formula is C19H18ClN5O2S2. The number of hydrogen-bond donors (Lipinski definition) is 1. The molecule has 1 aromatic carbocycles. The Labute approximate surface area is 181 Å². The fraction of sp³-hybridized carbons (Fsp3) is 0.263. The molecule has 2 heterocycles. The van der Waals surface area contributed by atoms with Crippen LogP contribution >= 0.6 is 34.7 Å². The van der Waals surface area contributed by atoms with Crippen LogP contribution in [-0.2, 0) is 17.9 Å². The number of benzene rings is 1. The lowest BCUT2D eigenvalue weighted by molar-refractivity contribution is -0.113. The molecule has 10 heteroatoms. The Morgan fingerprint density at radius 1 is 1.41 bits per heavy atom. The van der Waals surface area contributed by atoms with Crippen LogP contribution in [-0.4, -0.2) is 26.4 Å². The summed E-state index contributed by atoms with van der Waals surface area (Å²) >= 11 is 8.77. The smallest absolute Gasteiger partial charge is 0.235 e. The van der Waals surface area contributed by atoms with Crippen molar-refractivity contribution >= 4 is 45.6 Å². The fourth-order valence-corrected chi connectivity index (χ4v) is 4.25. The third-order valence-electron chi connectivity index (χ3n) is 3.92. The van der Waals surface area contributed by atoms with Gasteiger partial charge in [-0.3, -0.25) is 4.79 Å². The zero-order chi connectivity index (χ0) is 20.8. The van der Waals surface area contributed by atoms with Crippen LogP contribution in [0.5, 0.6) is 5.75 Å². The molecule has 0 saturated carbocycles. The van der Waals surface area contributed by atoms with Crippen molar-refractivity contribution in [3.8, 4) is 11.8 Å². The van der Waals surface area contributed by atoms with E-state index in [1.807, 2.05) is 30.5 Å². The second kappa shape index (κ2) is 9.78. The first kappa shape index (κ1) is 21.2. The topological polar surface area (TPSA) is 92.8 Å². The summed E-state index contributed by atoms with van der Waals surface area (Å²) in [6, 6.07) is 9.30. The van der Waals surface area contributed by atoms with Crippen LogP contribution in [0.15, 0.2) is 34.8 Å². The molecule has 2 aromatic heterocycles. The highest BCUT2D eigenvalue weighted by molar-refractivity contribution is 7.99. The van der Waals surface area contributed by atoms with Gasteiger partial charge in [0.2, 0.25) is 5.91 Å². The molecule has 3 rings (SSSR count). The summed E-state index contributed by atoms with van der Waals surface area (Å²) in [6.45, 7) is 4.80. The van der Waals surface area contributed by atoms with Gasteiger partial charge in [0.15, 0.2) is 11.0 Å². The van der Waals surface area contributed by atoms with Gasteiger partial charge in [0.1, 0.15) is 23.4 Å². The first-order valence-electron chi connectivity index (χ1n) is 8.73. The van der Waals surface area contributed by atoms with Crippen molar-refractivity contribution in [2.45, 2.75) is 32.2 Å². The van der Waals surface area contributed by atoms with E-state index in [1.54, 1.807) is 17.5 Å². The van der Waals surface area contributed by atoms with Gasteiger partial charge in [0.25, 0.3) is 0 Å². The quantitative estimate of drug-likeness (QED) is 0.511. The Balaban J connectivity index is 1.61. The van der Waals surface area contributed by atoms with Crippen LogP contribution in [0.1, 0.15) is 23.9 Å². The SMILES string of the molecule is CCn1c(COc2cc(C)ccc2Cl)nnc1SCC(=O)Nc1sccc1C#N. The number of rotatable bonds is 8. The van der Waals surface area contributed by atoms with Crippen molar-refractivity contribution in [1.29, 1.82) is 5.26 Å². The lowest BCUT2D eigenvalue weighted by atomic mass is 10.2. The Morgan fingerprint density at radius 3 is 3.00 bits per heavy atom. The van der Waals surface area contributed by atoms with E-state index in [1.165, 1.54) is 23.1 Å². The van der Waals surface area contributed by atoms with Crippen molar-refractivity contribution in [3.63, 3.8) is 0 Å². The molecule has 1 amide bonds. The monoisotopic (exact) mass is 447 g/mol. The number of thiophene rings is 1. The van der Waals surface area contributed by atoms with Gasteiger partial charge in [0, 0.05) is 6.54 Å². The molecule has 0 aliphatic carbocycles. The lowest BCUT2D eigenvalue weighted by Gasteiger charge is -2.10. The zero-order valence-electron chi connectivity index (χ0n) is 15.8. The Bertz CT molecular complexity index is 1060. The predicted molar refractivity (Wildman–Crippen MR) is 115 cm³/mol. The number of nitrogens with zero attached hydrogens (tertiary/aromatic N) is 4. The Kier molecular flexibility index (Phi) is 7.14. The molecule has 0 bridgehead atoms. The molecule has 0 unspecified atom stereocenters. The maximum absolute atomic E-state index is 12.2. The molecule has 0 spiro atoms. The third-order valence-corrected chi connectivity index (χ3v) is 6.03. The molecule has 150 valence electrons. The van der Waals surface area contributed by atoms with Crippen LogP contribution in [0.25, 0.3) is 0 Å². The summed E-state index contributed by atoms with van der Waals surface area (Å²) in [4.78, 5) is 12.2. The molecule has 0 aliphatic heterocycles. The average Bonchev–Trinajstić information content (AvgIpc) is 3.32. The number of hydrogen-bond acceptors (Lipinski definition) is 7. The van der Waals surface area contributed by atoms with E-state index >= 15 is 0 Å². The minimum atomic E-state index is -0.205. The number of thioether (sulfide) groups is 1. The predicted octanol–water partition coefficient (Wildman–Crippen LogP) is 4.50. The minimum absolute atomic E-state index is 0.158. The van der Waals surface area contributed by atoms with Gasteiger partial charge in [-0.1, -0.05) is 29.4 Å². The molecular weight excluding hydrogens is 430 g/mol. The molecule has 0 radical (unpaired) electrons. The Morgan fingerprint density at radius 2 is 2.24 bits per heavy atom. The number of nitriles is 1. The van der Waals surface area contributed by atoms with Gasteiger partial charge >= 0.3 is 0 Å². The molecule has 0 aliphatic rings. The number of amides is 1. The lowest BCUT2D eigenvalue weighted by Crippen LogP contribution is -2.14. The largest absolute Gasteiger partial charge is 0.484 e. The maximum Gasteiger partial charge on any atom is 0.235 e. The van der Waals surface area contributed by atoms with Crippen molar-refractivity contribution < 1.29 is 9.53 Å². The average molecular weight is 448 g/mol. The van der Waals surface area contributed by atoms with E-state index in [-0.39, 0.29) is 18.3 Å². The molecule has 29 heavy (non-hydrogen) atoms. The highest BCUT2D eigenvalue weighted by Crippen LogP contribution is 2.27. The van der Waals surface area contributed by atoms with E-state index in [2.05, 4.69) is 21.6 Å². The van der Waals surface area contributed by atoms with Crippen LogP contribution in [0.3, 0.4) is 0 Å². The number of carbonyl (C=O) groups is 1. The molecule has 1 N–H and O–H groups in total. The number of aryl methyl sites for hydroxylation is 1. The fourth-order valence-electron chi connectivity index (χ4n) is 2.50. The second-order valence-electron chi connectivity index (χ2n) is 5.98. The van der Waals surface area contributed by atoms with E-state index in [0.717, 1.165) is 5.56 Å². The molecule has 0 fully saturated rings. The Hall–Kier alpha value is -2.54. The summed E-state index contributed by atoms with van der Waals surface area (Å²) in [5.74, 6) is 1.20. The van der Waals surface area contributed by atoms with Crippen LogP contribution < -0.4 is 10.1 Å².